The Kier molecular flexibility index (Phi) is 3.51. The van der Waals surface area contributed by atoms with Crippen LogP contribution in [0.15, 0.2) is 29.2 Å². The maximum absolute atomic E-state index is 11.2. The van der Waals surface area contributed by atoms with Crippen LogP contribution in [-0.4, -0.2) is 26.5 Å². The van der Waals surface area contributed by atoms with Crippen molar-refractivity contribution in [2.75, 3.05) is 18.2 Å². The Hall–Kier alpha value is -0.880. The Bertz CT molecular complexity index is 467. The topological polar surface area (TPSA) is 54.5 Å². The lowest BCUT2D eigenvalue weighted by Crippen LogP contribution is -2.18. The van der Waals surface area contributed by atoms with E-state index in [4.69, 9.17) is 0 Å². The molecule has 0 fully saturated rings. The molecule has 0 atom stereocenters. The summed E-state index contributed by atoms with van der Waals surface area (Å²) in [6.45, 7) is 0. The minimum absolute atomic E-state index is 0.238. The van der Waals surface area contributed by atoms with E-state index in [0.29, 0.717) is 5.69 Å². The number of amides is 1. The van der Waals surface area contributed by atoms with Crippen LogP contribution >= 0.6 is 15.9 Å². The summed E-state index contributed by atoms with van der Waals surface area (Å²) >= 11 is 2.80. The zero-order chi connectivity index (χ0) is 11.6. The number of benzene rings is 1. The van der Waals surface area contributed by atoms with E-state index in [-0.39, 0.29) is 9.71 Å². The summed E-state index contributed by atoms with van der Waals surface area (Å²) < 4.78 is 22.3. The average molecular weight is 292 g/mol. The standard InChI is InChI=1S/C9H10BrNO3S/c1-11(9(10)12)7-3-5-8(6-4-7)15(2,13)14/h3-6H,1-2H3. The minimum atomic E-state index is -3.18. The molecule has 15 heavy (non-hydrogen) atoms. The molecule has 0 saturated carbocycles. The van der Waals surface area contributed by atoms with Crippen molar-refractivity contribution < 1.29 is 13.2 Å². The third-order valence-electron chi connectivity index (χ3n) is 1.92. The highest BCUT2D eigenvalue weighted by atomic mass is 79.9. The zero-order valence-corrected chi connectivity index (χ0v) is 10.7. The molecule has 0 unspecified atom stereocenters. The molecule has 0 aromatic heterocycles. The first-order valence-corrected chi connectivity index (χ1v) is 6.74. The third-order valence-corrected chi connectivity index (χ3v) is 3.58. The van der Waals surface area contributed by atoms with Crippen molar-refractivity contribution in [1.29, 1.82) is 0 Å². The summed E-state index contributed by atoms with van der Waals surface area (Å²) in [5.74, 6) is 0. The monoisotopic (exact) mass is 291 g/mol. The van der Waals surface area contributed by atoms with Gasteiger partial charge < -0.3 is 4.90 Å². The molecule has 0 aliphatic rings. The molecule has 0 saturated heterocycles. The van der Waals surface area contributed by atoms with Crippen LogP contribution in [0, 0.1) is 0 Å². The minimum Gasteiger partial charge on any atom is -0.306 e. The fraction of sp³-hybridized carbons (Fsp3) is 0.222. The second-order valence-electron chi connectivity index (χ2n) is 3.08. The van der Waals surface area contributed by atoms with Crippen LogP contribution in [0.25, 0.3) is 0 Å². The summed E-state index contributed by atoms with van der Waals surface area (Å²) in [5, 5.41) is 0. The molecule has 6 heteroatoms. The van der Waals surface area contributed by atoms with E-state index >= 15 is 0 Å². The summed E-state index contributed by atoms with van der Waals surface area (Å²) in [4.78, 5) is 12.3. The van der Waals surface area contributed by atoms with Crippen molar-refractivity contribution in [3.05, 3.63) is 24.3 Å². The van der Waals surface area contributed by atoms with Gasteiger partial charge >= 0.3 is 0 Å². The highest BCUT2D eigenvalue weighted by Crippen LogP contribution is 2.18. The normalized spacial score (nSPS) is 11.1. The van der Waals surface area contributed by atoms with Crippen molar-refractivity contribution >= 4 is 36.3 Å². The van der Waals surface area contributed by atoms with Gasteiger partial charge in [0.05, 0.1) is 4.90 Å². The molecule has 0 aliphatic carbocycles. The predicted octanol–water partition coefficient (Wildman–Crippen LogP) is 2.04. The molecule has 4 nitrogen and oxygen atoms in total. The van der Waals surface area contributed by atoms with Crippen molar-refractivity contribution in [2.24, 2.45) is 0 Å². The molecule has 0 N–H and O–H groups in total. The summed E-state index contributed by atoms with van der Waals surface area (Å²) in [7, 11) is -1.59. The van der Waals surface area contributed by atoms with Crippen molar-refractivity contribution in [3.8, 4) is 0 Å². The van der Waals surface area contributed by atoms with Gasteiger partial charge in [0.1, 0.15) is 0 Å². The van der Waals surface area contributed by atoms with E-state index in [1.165, 1.54) is 17.0 Å². The maximum atomic E-state index is 11.2. The Morgan fingerprint density at radius 2 is 1.73 bits per heavy atom. The number of carbonyl (C=O) groups excluding carboxylic acids is 1. The van der Waals surface area contributed by atoms with Gasteiger partial charge in [-0.25, -0.2) is 8.42 Å². The highest BCUT2D eigenvalue weighted by Gasteiger charge is 2.09. The molecule has 0 bridgehead atoms. The predicted molar refractivity (Wildman–Crippen MR) is 62.3 cm³/mol. The number of rotatable bonds is 2. The maximum Gasteiger partial charge on any atom is 0.293 e. The second-order valence-corrected chi connectivity index (χ2v) is 5.77. The number of carbonyl (C=O) groups is 1. The lowest BCUT2D eigenvalue weighted by Gasteiger charge is -2.13. The molecule has 0 radical (unpaired) electrons. The van der Waals surface area contributed by atoms with Gasteiger partial charge in [-0.2, -0.15) is 0 Å². The average Bonchev–Trinajstić information content (AvgIpc) is 2.15. The fourth-order valence-electron chi connectivity index (χ4n) is 1.02. The first-order valence-electron chi connectivity index (χ1n) is 4.05. The molecule has 0 heterocycles. The Morgan fingerprint density at radius 3 is 2.07 bits per heavy atom. The molecule has 1 aromatic rings. The van der Waals surface area contributed by atoms with Crippen LogP contribution in [0.2, 0.25) is 0 Å². The van der Waals surface area contributed by atoms with E-state index < -0.39 is 9.84 Å². The molecule has 0 spiro atoms. The number of nitrogens with zero attached hydrogens (tertiary/aromatic N) is 1. The smallest absolute Gasteiger partial charge is 0.293 e. The van der Waals surface area contributed by atoms with Crippen LogP contribution in [0.3, 0.4) is 0 Å². The molecule has 0 aliphatic heterocycles. The van der Waals surface area contributed by atoms with Gasteiger partial charge in [0.15, 0.2) is 9.84 Å². The van der Waals surface area contributed by atoms with Crippen molar-refractivity contribution in [2.45, 2.75) is 4.90 Å². The first-order chi connectivity index (χ1) is 6.82. The van der Waals surface area contributed by atoms with E-state index in [1.807, 2.05) is 0 Å². The zero-order valence-electron chi connectivity index (χ0n) is 8.27. The van der Waals surface area contributed by atoms with Gasteiger partial charge in [-0.15, -0.1) is 0 Å². The van der Waals surface area contributed by atoms with Crippen LogP contribution in [-0.2, 0) is 9.84 Å². The van der Waals surface area contributed by atoms with Crippen molar-refractivity contribution in [3.63, 3.8) is 0 Å². The Balaban J connectivity index is 3.06. The Morgan fingerprint density at radius 1 is 1.27 bits per heavy atom. The lowest BCUT2D eigenvalue weighted by molar-refractivity contribution is 0.267. The van der Waals surface area contributed by atoms with Crippen molar-refractivity contribution in [1.82, 2.24) is 0 Å². The first kappa shape index (κ1) is 12.2. The SMILES string of the molecule is CN(C(=O)Br)c1ccc(S(C)(=O)=O)cc1. The van der Waals surface area contributed by atoms with Crippen LogP contribution < -0.4 is 4.90 Å². The van der Waals surface area contributed by atoms with E-state index in [1.54, 1.807) is 19.2 Å². The van der Waals surface area contributed by atoms with E-state index in [2.05, 4.69) is 15.9 Å². The molecular weight excluding hydrogens is 282 g/mol. The molecule has 1 aromatic carbocycles. The van der Waals surface area contributed by atoms with Crippen LogP contribution in [0.4, 0.5) is 10.5 Å². The number of sulfone groups is 1. The number of halogens is 1. The molecule has 1 rings (SSSR count). The summed E-state index contributed by atoms with van der Waals surface area (Å²) in [6, 6.07) is 6.10. The third kappa shape index (κ3) is 3.04. The van der Waals surface area contributed by atoms with Gasteiger partial charge in [-0.3, -0.25) is 4.79 Å². The van der Waals surface area contributed by atoms with Gasteiger partial charge in [0, 0.05) is 34.9 Å². The number of hydrogen-bond acceptors (Lipinski definition) is 3. The highest BCUT2D eigenvalue weighted by molar-refractivity contribution is 9.18. The molecular formula is C9H10BrNO3S. The second kappa shape index (κ2) is 4.32. The lowest BCUT2D eigenvalue weighted by atomic mass is 10.3. The largest absolute Gasteiger partial charge is 0.306 e. The van der Waals surface area contributed by atoms with Crippen LogP contribution in [0.5, 0.6) is 0 Å². The van der Waals surface area contributed by atoms with Crippen LogP contribution in [0.1, 0.15) is 0 Å². The summed E-state index contributed by atoms with van der Waals surface area (Å²) in [5.41, 5.74) is 0.629. The fourth-order valence-corrected chi connectivity index (χ4v) is 1.85. The number of hydrogen-bond donors (Lipinski definition) is 0. The van der Waals surface area contributed by atoms with E-state index in [9.17, 15) is 13.2 Å². The van der Waals surface area contributed by atoms with Gasteiger partial charge in [0.25, 0.3) is 4.82 Å². The van der Waals surface area contributed by atoms with Gasteiger partial charge in [0.2, 0.25) is 0 Å². The van der Waals surface area contributed by atoms with E-state index in [0.717, 1.165) is 6.26 Å². The molecule has 1 amide bonds. The Labute approximate surface area is 96.9 Å². The number of anilines is 1. The summed E-state index contributed by atoms with van der Waals surface area (Å²) in [6.07, 6.45) is 1.14. The van der Waals surface area contributed by atoms with Gasteiger partial charge in [-0.05, 0) is 24.3 Å². The quantitative estimate of drug-likeness (QED) is 0.619. The molecule has 82 valence electrons. The van der Waals surface area contributed by atoms with Gasteiger partial charge in [-0.1, -0.05) is 0 Å².